The van der Waals surface area contributed by atoms with Crippen LogP contribution in [0.25, 0.3) is 10.9 Å². The second-order valence-electron chi connectivity index (χ2n) is 5.79. The van der Waals surface area contributed by atoms with Gasteiger partial charge in [-0.25, -0.2) is 0 Å². The number of para-hydroxylation sites is 1. The van der Waals surface area contributed by atoms with Crippen LogP contribution in [0.3, 0.4) is 0 Å². The highest BCUT2D eigenvalue weighted by Crippen LogP contribution is 2.32. The monoisotopic (exact) mass is 272 g/mol. The van der Waals surface area contributed by atoms with Gasteiger partial charge in [0.25, 0.3) is 0 Å². The fourth-order valence-electron chi connectivity index (χ4n) is 3.31. The largest absolute Gasteiger partial charge is 0.396 e. The van der Waals surface area contributed by atoms with Gasteiger partial charge in [0.1, 0.15) is 0 Å². The minimum atomic E-state index is 0.310. The van der Waals surface area contributed by atoms with E-state index in [0.717, 1.165) is 19.4 Å². The summed E-state index contributed by atoms with van der Waals surface area (Å²) in [5, 5.41) is 10.3. The molecule has 1 atom stereocenters. The van der Waals surface area contributed by atoms with Gasteiger partial charge >= 0.3 is 0 Å². The van der Waals surface area contributed by atoms with Gasteiger partial charge in [-0.3, -0.25) is 4.90 Å². The summed E-state index contributed by atoms with van der Waals surface area (Å²) in [5.74, 6) is 0. The molecule has 0 amide bonds. The van der Waals surface area contributed by atoms with Gasteiger partial charge in [0.05, 0.1) is 0 Å². The molecule has 108 valence electrons. The maximum Gasteiger partial charge on any atom is 0.0498 e. The molecule has 1 unspecified atom stereocenters. The van der Waals surface area contributed by atoms with Gasteiger partial charge in [0.2, 0.25) is 0 Å². The van der Waals surface area contributed by atoms with Crippen molar-refractivity contribution in [2.24, 2.45) is 0 Å². The fraction of sp³-hybridized carbons (Fsp3) is 0.529. The number of benzene rings is 1. The van der Waals surface area contributed by atoms with E-state index in [-0.39, 0.29) is 0 Å². The number of hydrogen-bond acceptors (Lipinski definition) is 2. The van der Waals surface area contributed by atoms with E-state index in [1.807, 2.05) is 0 Å². The number of piperidine rings is 1. The molecule has 3 heteroatoms. The van der Waals surface area contributed by atoms with Crippen molar-refractivity contribution in [2.45, 2.75) is 38.1 Å². The number of hydrogen-bond donors (Lipinski definition) is 2. The number of H-pyrrole nitrogens is 1. The Morgan fingerprint density at radius 1 is 1.20 bits per heavy atom. The lowest BCUT2D eigenvalue weighted by Crippen LogP contribution is -2.34. The van der Waals surface area contributed by atoms with Crippen LogP contribution >= 0.6 is 0 Å². The summed E-state index contributed by atoms with van der Waals surface area (Å²) >= 11 is 0. The van der Waals surface area contributed by atoms with Crippen molar-refractivity contribution in [2.75, 3.05) is 19.7 Å². The maximum absolute atomic E-state index is 8.95. The first-order valence-corrected chi connectivity index (χ1v) is 7.81. The summed E-state index contributed by atoms with van der Waals surface area (Å²) in [6.45, 7) is 2.59. The number of nitrogens with one attached hydrogen (secondary N) is 1. The molecule has 0 aliphatic carbocycles. The number of aromatic nitrogens is 1. The van der Waals surface area contributed by atoms with Gasteiger partial charge in [0, 0.05) is 23.9 Å². The van der Waals surface area contributed by atoms with Crippen molar-refractivity contribution in [3.8, 4) is 0 Å². The van der Waals surface area contributed by atoms with Crippen LogP contribution in [0.15, 0.2) is 30.3 Å². The van der Waals surface area contributed by atoms with Crippen molar-refractivity contribution in [1.82, 2.24) is 9.88 Å². The van der Waals surface area contributed by atoms with E-state index >= 15 is 0 Å². The van der Waals surface area contributed by atoms with E-state index in [0.29, 0.717) is 12.6 Å². The molecule has 1 aliphatic heterocycles. The number of unbranched alkanes of at least 4 members (excludes halogenated alkanes) is 1. The Bertz CT molecular complexity index is 516. The zero-order valence-corrected chi connectivity index (χ0v) is 12.0. The molecular formula is C17H24N2O. The Kier molecular flexibility index (Phi) is 4.38. The van der Waals surface area contributed by atoms with E-state index in [1.54, 1.807) is 0 Å². The van der Waals surface area contributed by atoms with E-state index in [4.69, 9.17) is 5.11 Å². The summed E-state index contributed by atoms with van der Waals surface area (Å²) in [4.78, 5) is 6.18. The lowest BCUT2D eigenvalue weighted by atomic mass is 9.99. The minimum Gasteiger partial charge on any atom is -0.396 e. The van der Waals surface area contributed by atoms with Gasteiger partial charge in [-0.05, 0) is 56.3 Å². The van der Waals surface area contributed by atoms with E-state index in [2.05, 4.69) is 40.2 Å². The normalized spacial score (nSPS) is 20.6. The van der Waals surface area contributed by atoms with Crippen LogP contribution < -0.4 is 0 Å². The van der Waals surface area contributed by atoms with E-state index < -0.39 is 0 Å². The summed E-state index contributed by atoms with van der Waals surface area (Å²) < 4.78 is 0. The van der Waals surface area contributed by atoms with Crippen molar-refractivity contribution in [3.63, 3.8) is 0 Å². The number of nitrogens with zero attached hydrogens (tertiary/aromatic N) is 1. The lowest BCUT2D eigenvalue weighted by molar-refractivity contribution is 0.139. The van der Waals surface area contributed by atoms with Crippen LogP contribution in [0.1, 0.15) is 43.8 Å². The number of likely N-dealkylation sites (tertiary alicyclic amines) is 1. The molecule has 3 nitrogen and oxygen atoms in total. The van der Waals surface area contributed by atoms with Crippen LogP contribution in [0, 0.1) is 0 Å². The third kappa shape index (κ3) is 2.89. The zero-order chi connectivity index (χ0) is 13.8. The van der Waals surface area contributed by atoms with Crippen molar-refractivity contribution < 1.29 is 5.11 Å². The van der Waals surface area contributed by atoms with Gasteiger partial charge in [-0.1, -0.05) is 24.6 Å². The Morgan fingerprint density at radius 2 is 2.10 bits per heavy atom. The molecule has 0 radical (unpaired) electrons. The molecule has 1 fully saturated rings. The van der Waals surface area contributed by atoms with Gasteiger partial charge in [0.15, 0.2) is 0 Å². The first-order chi connectivity index (χ1) is 9.88. The van der Waals surface area contributed by atoms with E-state index in [1.165, 1.54) is 42.4 Å². The Labute approximate surface area is 120 Å². The van der Waals surface area contributed by atoms with Crippen LogP contribution in [0.5, 0.6) is 0 Å². The smallest absolute Gasteiger partial charge is 0.0498 e. The predicted octanol–water partition coefficient (Wildman–Crippen LogP) is 3.47. The average Bonchev–Trinajstić information content (AvgIpc) is 2.92. The lowest BCUT2D eigenvalue weighted by Gasteiger charge is -2.35. The van der Waals surface area contributed by atoms with E-state index in [9.17, 15) is 0 Å². The Balaban J connectivity index is 1.77. The molecule has 2 aromatic rings. The zero-order valence-electron chi connectivity index (χ0n) is 12.0. The first kappa shape index (κ1) is 13.7. The number of rotatable bonds is 5. The SMILES string of the molecule is OCCCCN1CCCCC1c1cc2ccccc2[nH]1. The molecule has 20 heavy (non-hydrogen) atoms. The summed E-state index contributed by atoms with van der Waals surface area (Å²) in [5.41, 5.74) is 2.60. The number of aromatic amines is 1. The third-order valence-corrected chi connectivity index (χ3v) is 4.38. The van der Waals surface area contributed by atoms with Gasteiger partial charge < -0.3 is 10.1 Å². The molecule has 0 spiro atoms. The van der Waals surface area contributed by atoms with Crippen molar-refractivity contribution >= 4 is 10.9 Å². The minimum absolute atomic E-state index is 0.310. The number of fused-ring (bicyclic) bond motifs is 1. The second kappa shape index (κ2) is 6.42. The van der Waals surface area contributed by atoms with Crippen LogP contribution in [-0.4, -0.2) is 34.7 Å². The maximum atomic E-state index is 8.95. The molecule has 0 bridgehead atoms. The summed E-state index contributed by atoms with van der Waals surface area (Å²) in [6.07, 6.45) is 5.86. The van der Waals surface area contributed by atoms with Crippen LogP contribution in [0.4, 0.5) is 0 Å². The summed E-state index contributed by atoms with van der Waals surface area (Å²) in [7, 11) is 0. The van der Waals surface area contributed by atoms with Crippen LogP contribution in [-0.2, 0) is 0 Å². The standard InChI is InChI=1S/C17H24N2O/c20-12-6-5-11-19-10-4-3-9-17(19)16-13-14-7-1-2-8-15(14)18-16/h1-2,7-8,13,17-18,20H,3-6,9-12H2. The molecule has 1 aliphatic rings. The predicted molar refractivity (Wildman–Crippen MR) is 82.8 cm³/mol. The topological polar surface area (TPSA) is 39.3 Å². The molecule has 3 rings (SSSR count). The van der Waals surface area contributed by atoms with Crippen molar-refractivity contribution in [1.29, 1.82) is 0 Å². The quantitative estimate of drug-likeness (QED) is 0.818. The fourth-order valence-corrected chi connectivity index (χ4v) is 3.31. The van der Waals surface area contributed by atoms with Crippen LogP contribution in [0.2, 0.25) is 0 Å². The van der Waals surface area contributed by atoms with Crippen molar-refractivity contribution in [3.05, 3.63) is 36.0 Å². The Morgan fingerprint density at radius 3 is 2.95 bits per heavy atom. The molecule has 1 aromatic heterocycles. The third-order valence-electron chi connectivity index (χ3n) is 4.38. The average molecular weight is 272 g/mol. The van der Waals surface area contributed by atoms with Gasteiger partial charge in [-0.15, -0.1) is 0 Å². The van der Waals surface area contributed by atoms with Gasteiger partial charge in [-0.2, -0.15) is 0 Å². The number of aliphatic hydroxyl groups excluding tert-OH is 1. The molecule has 2 heterocycles. The summed E-state index contributed by atoms with van der Waals surface area (Å²) in [6, 6.07) is 11.3. The second-order valence-corrected chi connectivity index (χ2v) is 5.79. The molecule has 1 aromatic carbocycles. The first-order valence-electron chi connectivity index (χ1n) is 7.81. The highest BCUT2D eigenvalue weighted by molar-refractivity contribution is 5.80. The number of aliphatic hydroxyl groups is 1. The highest BCUT2D eigenvalue weighted by Gasteiger charge is 2.24. The molecule has 2 N–H and O–H groups in total. The molecule has 0 saturated carbocycles. The molecular weight excluding hydrogens is 248 g/mol. The Hall–Kier alpha value is -1.32. The highest BCUT2D eigenvalue weighted by atomic mass is 16.2. The molecule has 1 saturated heterocycles.